The minimum Gasteiger partial charge on any atom is -0.191 e. The minimum atomic E-state index is 0.481. The summed E-state index contributed by atoms with van der Waals surface area (Å²) >= 11 is 0. The number of azo groups is 1. The Bertz CT molecular complexity index is 78.1. The highest BCUT2D eigenvalue weighted by Gasteiger charge is 2.11. The van der Waals surface area contributed by atoms with Gasteiger partial charge in [-0.3, -0.25) is 0 Å². The van der Waals surface area contributed by atoms with Crippen molar-refractivity contribution in [2.45, 2.75) is 32.4 Å². The molecule has 1 aliphatic rings. The highest BCUT2D eigenvalue weighted by molar-refractivity contribution is 4.72. The molecule has 40 valence electrons. The van der Waals surface area contributed by atoms with E-state index in [4.69, 9.17) is 0 Å². The minimum absolute atomic E-state index is 0.481. The van der Waals surface area contributed by atoms with E-state index < -0.39 is 0 Å². The van der Waals surface area contributed by atoms with Crippen LogP contribution in [0.5, 0.6) is 0 Å². The van der Waals surface area contributed by atoms with Crippen LogP contribution in [0.15, 0.2) is 10.2 Å². The second-order valence-electron chi connectivity index (χ2n) is 2.16. The normalized spacial score (nSPS) is 39.7. The van der Waals surface area contributed by atoms with Gasteiger partial charge in [0.1, 0.15) is 0 Å². The number of hydrogen-bond donors (Lipinski definition) is 0. The number of rotatable bonds is 0. The lowest BCUT2D eigenvalue weighted by atomic mass is 10.2. The van der Waals surface area contributed by atoms with Crippen molar-refractivity contribution in [1.82, 2.24) is 0 Å². The molecule has 0 N–H and O–H groups in total. The first-order chi connectivity index (χ1) is 3.29. The van der Waals surface area contributed by atoms with Crippen LogP contribution in [0.4, 0.5) is 0 Å². The van der Waals surface area contributed by atoms with E-state index in [-0.39, 0.29) is 0 Å². The van der Waals surface area contributed by atoms with E-state index in [9.17, 15) is 0 Å². The van der Waals surface area contributed by atoms with Crippen LogP contribution in [0.1, 0.15) is 20.3 Å². The fourth-order valence-electron chi connectivity index (χ4n) is 0.816. The van der Waals surface area contributed by atoms with E-state index in [1.807, 2.05) is 0 Å². The summed E-state index contributed by atoms with van der Waals surface area (Å²) in [4.78, 5) is 0. The molecule has 0 aromatic rings. The smallest absolute Gasteiger partial charge is 0.0701 e. The molecule has 0 aromatic carbocycles. The van der Waals surface area contributed by atoms with E-state index in [0.717, 1.165) is 6.42 Å². The van der Waals surface area contributed by atoms with Crippen molar-refractivity contribution in [3.8, 4) is 0 Å². The van der Waals surface area contributed by atoms with Crippen LogP contribution >= 0.6 is 0 Å². The van der Waals surface area contributed by atoms with Gasteiger partial charge in [-0.1, -0.05) is 0 Å². The fraction of sp³-hybridized carbons (Fsp3) is 1.00. The summed E-state index contributed by atoms with van der Waals surface area (Å²) in [5.41, 5.74) is 0. The molecule has 0 fully saturated rings. The zero-order chi connectivity index (χ0) is 5.28. The molecule has 0 aliphatic carbocycles. The Balaban J connectivity index is 2.42. The van der Waals surface area contributed by atoms with E-state index >= 15 is 0 Å². The molecule has 0 bridgehead atoms. The molecule has 2 nitrogen and oxygen atoms in total. The van der Waals surface area contributed by atoms with Crippen molar-refractivity contribution >= 4 is 0 Å². The maximum Gasteiger partial charge on any atom is 0.0701 e. The highest BCUT2D eigenvalue weighted by Crippen LogP contribution is 2.13. The van der Waals surface area contributed by atoms with Crippen molar-refractivity contribution in [1.29, 1.82) is 0 Å². The van der Waals surface area contributed by atoms with Crippen molar-refractivity contribution in [2.75, 3.05) is 0 Å². The topological polar surface area (TPSA) is 24.7 Å². The lowest BCUT2D eigenvalue weighted by molar-refractivity contribution is 0.680. The first-order valence-electron chi connectivity index (χ1n) is 2.69. The van der Waals surface area contributed by atoms with E-state index in [1.165, 1.54) is 0 Å². The summed E-state index contributed by atoms with van der Waals surface area (Å²) in [6, 6.07) is 0.963. The third-order valence-electron chi connectivity index (χ3n) is 1.14. The molecule has 0 radical (unpaired) electrons. The molecular weight excluding hydrogens is 88.1 g/mol. The van der Waals surface area contributed by atoms with Crippen LogP contribution in [0, 0.1) is 0 Å². The van der Waals surface area contributed by atoms with Gasteiger partial charge in [0, 0.05) is 0 Å². The lowest BCUT2D eigenvalue weighted by Gasteiger charge is -1.92. The summed E-state index contributed by atoms with van der Waals surface area (Å²) in [6.45, 7) is 4.18. The van der Waals surface area contributed by atoms with Crippen LogP contribution in [-0.4, -0.2) is 12.1 Å². The van der Waals surface area contributed by atoms with Crippen LogP contribution in [-0.2, 0) is 0 Å². The highest BCUT2D eigenvalue weighted by atomic mass is 15.2. The maximum absolute atomic E-state index is 3.94. The second-order valence-corrected chi connectivity index (χ2v) is 2.16. The third kappa shape index (κ3) is 0.981. The standard InChI is InChI=1S/C5H10N2/c1-4-3-5(2)7-6-4/h4-5H,3H2,1-2H3/t4-,5-/m1/s1. The quantitative estimate of drug-likeness (QED) is 0.440. The van der Waals surface area contributed by atoms with Crippen molar-refractivity contribution < 1.29 is 0 Å². The molecule has 1 rings (SSSR count). The maximum atomic E-state index is 3.94. The van der Waals surface area contributed by atoms with Gasteiger partial charge in [-0.2, -0.15) is 10.2 Å². The summed E-state index contributed by atoms with van der Waals surface area (Å²) < 4.78 is 0. The summed E-state index contributed by atoms with van der Waals surface area (Å²) in [6.07, 6.45) is 1.14. The average molecular weight is 98.1 g/mol. The Morgan fingerprint density at radius 2 is 1.57 bits per heavy atom. The van der Waals surface area contributed by atoms with Crippen molar-refractivity contribution in [3.63, 3.8) is 0 Å². The predicted molar refractivity (Wildman–Crippen MR) is 28.4 cm³/mol. The van der Waals surface area contributed by atoms with E-state index in [2.05, 4.69) is 24.1 Å². The zero-order valence-corrected chi connectivity index (χ0v) is 4.76. The van der Waals surface area contributed by atoms with Gasteiger partial charge in [-0.05, 0) is 20.3 Å². The third-order valence-corrected chi connectivity index (χ3v) is 1.14. The Morgan fingerprint density at radius 1 is 1.14 bits per heavy atom. The van der Waals surface area contributed by atoms with Crippen LogP contribution in [0.2, 0.25) is 0 Å². The zero-order valence-electron chi connectivity index (χ0n) is 4.76. The first-order valence-corrected chi connectivity index (χ1v) is 2.69. The van der Waals surface area contributed by atoms with Crippen LogP contribution in [0.3, 0.4) is 0 Å². The molecule has 0 saturated heterocycles. The van der Waals surface area contributed by atoms with Crippen LogP contribution < -0.4 is 0 Å². The van der Waals surface area contributed by atoms with Gasteiger partial charge in [0.05, 0.1) is 12.1 Å². The summed E-state index contributed by atoms with van der Waals surface area (Å²) in [5, 5.41) is 7.88. The van der Waals surface area contributed by atoms with Gasteiger partial charge in [0.15, 0.2) is 0 Å². The van der Waals surface area contributed by atoms with Gasteiger partial charge in [-0.25, -0.2) is 0 Å². The molecule has 2 atom stereocenters. The molecule has 2 heteroatoms. The molecule has 1 heterocycles. The monoisotopic (exact) mass is 98.1 g/mol. The number of nitrogens with zero attached hydrogens (tertiary/aromatic N) is 2. The van der Waals surface area contributed by atoms with Gasteiger partial charge in [0.2, 0.25) is 0 Å². The molecule has 0 amide bonds. The van der Waals surface area contributed by atoms with Crippen molar-refractivity contribution in [2.24, 2.45) is 10.2 Å². The van der Waals surface area contributed by atoms with Gasteiger partial charge in [-0.15, -0.1) is 0 Å². The summed E-state index contributed by atoms with van der Waals surface area (Å²) in [5.74, 6) is 0. The fourth-order valence-corrected chi connectivity index (χ4v) is 0.816. The van der Waals surface area contributed by atoms with Crippen LogP contribution in [0.25, 0.3) is 0 Å². The van der Waals surface area contributed by atoms with Gasteiger partial charge >= 0.3 is 0 Å². The lowest BCUT2D eigenvalue weighted by Crippen LogP contribution is -1.97. The Morgan fingerprint density at radius 3 is 1.71 bits per heavy atom. The first kappa shape index (κ1) is 4.75. The Kier molecular flexibility index (Phi) is 1.09. The average Bonchev–Trinajstić information content (AvgIpc) is 1.87. The molecule has 7 heavy (non-hydrogen) atoms. The Hall–Kier alpha value is -0.400. The van der Waals surface area contributed by atoms with Gasteiger partial charge < -0.3 is 0 Å². The SMILES string of the molecule is C[C@@H]1C[C@@H](C)N=N1. The van der Waals surface area contributed by atoms with Crippen molar-refractivity contribution in [3.05, 3.63) is 0 Å². The Labute approximate surface area is 43.6 Å². The molecule has 0 saturated carbocycles. The molecular formula is C5H10N2. The largest absolute Gasteiger partial charge is 0.191 e. The van der Waals surface area contributed by atoms with E-state index in [0.29, 0.717) is 12.1 Å². The molecule has 0 aromatic heterocycles. The predicted octanol–water partition coefficient (Wildman–Crippen LogP) is 1.62. The second kappa shape index (κ2) is 1.60. The molecule has 0 unspecified atom stereocenters. The van der Waals surface area contributed by atoms with E-state index in [1.54, 1.807) is 0 Å². The summed E-state index contributed by atoms with van der Waals surface area (Å²) in [7, 11) is 0. The molecule has 0 spiro atoms. The number of hydrogen-bond acceptors (Lipinski definition) is 2. The molecule has 1 aliphatic heterocycles. The van der Waals surface area contributed by atoms with Gasteiger partial charge in [0.25, 0.3) is 0 Å².